The van der Waals surface area contributed by atoms with E-state index in [1.165, 1.54) is 11.8 Å². The Kier molecular flexibility index (Phi) is 4.58. The third-order valence-corrected chi connectivity index (χ3v) is 5.34. The lowest BCUT2D eigenvalue weighted by Gasteiger charge is -2.13. The van der Waals surface area contributed by atoms with Crippen LogP contribution in [0.1, 0.15) is 47.4 Å². The van der Waals surface area contributed by atoms with Crippen molar-refractivity contribution in [3.8, 4) is 0 Å². The Morgan fingerprint density at radius 2 is 2.15 bits per heavy atom. The van der Waals surface area contributed by atoms with Crippen molar-refractivity contribution in [2.75, 3.05) is 6.61 Å². The van der Waals surface area contributed by atoms with Crippen LogP contribution < -0.4 is 0 Å². The number of rotatable bonds is 6. The second-order valence-corrected chi connectivity index (χ2v) is 7.16. The van der Waals surface area contributed by atoms with Crippen LogP contribution in [-0.4, -0.2) is 37.8 Å². The molecule has 0 amide bonds. The first-order valence-electron chi connectivity index (χ1n) is 8.65. The third-order valence-electron chi connectivity index (χ3n) is 4.40. The molecule has 0 N–H and O–H groups in total. The Morgan fingerprint density at radius 1 is 1.35 bits per heavy atom. The Labute approximate surface area is 155 Å². The van der Waals surface area contributed by atoms with Crippen LogP contribution in [0.3, 0.4) is 0 Å². The number of thioether (sulfide) groups is 1. The molecule has 4 rings (SSSR count). The summed E-state index contributed by atoms with van der Waals surface area (Å²) in [4.78, 5) is 17.3. The average Bonchev–Trinajstić information content (AvgIpc) is 3.38. The molecule has 8 heteroatoms. The second-order valence-electron chi connectivity index (χ2n) is 6.22. The van der Waals surface area contributed by atoms with Gasteiger partial charge in [-0.25, -0.2) is 9.48 Å². The minimum absolute atomic E-state index is 0.331. The number of para-hydroxylation sites is 1. The average molecular weight is 369 g/mol. The number of esters is 1. The lowest BCUT2D eigenvalue weighted by Crippen LogP contribution is -2.12. The standard InChI is InChI=1S/C18H19N5O2S/c1-3-25-17(24)16-11(2)13-6-4-5-7-14(13)19-15(16)10-26-18-20-21-22-23(18)12-8-9-12/h4-7,12H,3,8-10H2,1-2H3. The summed E-state index contributed by atoms with van der Waals surface area (Å²) in [6, 6.07) is 8.24. The van der Waals surface area contributed by atoms with Gasteiger partial charge in [0.05, 0.1) is 29.4 Å². The lowest BCUT2D eigenvalue weighted by molar-refractivity contribution is 0.0524. The van der Waals surface area contributed by atoms with Crippen LogP contribution >= 0.6 is 11.8 Å². The maximum atomic E-state index is 12.6. The number of hydrogen-bond donors (Lipinski definition) is 0. The zero-order valence-corrected chi connectivity index (χ0v) is 15.5. The van der Waals surface area contributed by atoms with Crippen LogP contribution in [0.4, 0.5) is 0 Å². The molecule has 0 radical (unpaired) electrons. The molecule has 1 saturated carbocycles. The Balaban J connectivity index is 1.71. The number of aryl methyl sites for hydroxylation is 1. The van der Waals surface area contributed by atoms with E-state index in [-0.39, 0.29) is 5.97 Å². The van der Waals surface area contributed by atoms with Crippen molar-refractivity contribution >= 4 is 28.6 Å². The number of fused-ring (bicyclic) bond motifs is 1. The molecule has 2 aromatic heterocycles. The Morgan fingerprint density at radius 3 is 2.92 bits per heavy atom. The number of benzene rings is 1. The molecule has 26 heavy (non-hydrogen) atoms. The highest BCUT2D eigenvalue weighted by Crippen LogP contribution is 2.37. The molecule has 3 aromatic rings. The molecule has 1 aromatic carbocycles. The monoisotopic (exact) mass is 369 g/mol. The molecule has 0 atom stereocenters. The fourth-order valence-electron chi connectivity index (χ4n) is 2.98. The minimum Gasteiger partial charge on any atom is -0.462 e. The fourth-order valence-corrected chi connectivity index (χ4v) is 3.87. The van der Waals surface area contributed by atoms with Crippen LogP contribution in [0.2, 0.25) is 0 Å². The number of ether oxygens (including phenoxy) is 1. The van der Waals surface area contributed by atoms with Crippen molar-refractivity contribution in [3.05, 3.63) is 41.1 Å². The van der Waals surface area contributed by atoms with Crippen LogP contribution in [0.25, 0.3) is 10.9 Å². The molecule has 0 unspecified atom stereocenters. The molecule has 1 aliphatic carbocycles. The Hall–Kier alpha value is -2.48. The van der Waals surface area contributed by atoms with Crippen molar-refractivity contribution in [1.82, 2.24) is 25.2 Å². The molecule has 0 spiro atoms. The van der Waals surface area contributed by atoms with Crippen LogP contribution in [0.5, 0.6) is 0 Å². The molecule has 0 saturated heterocycles. The van der Waals surface area contributed by atoms with E-state index in [9.17, 15) is 4.79 Å². The summed E-state index contributed by atoms with van der Waals surface area (Å²) >= 11 is 1.50. The van der Waals surface area contributed by atoms with Gasteiger partial charge in [0, 0.05) is 11.1 Å². The topological polar surface area (TPSA) is 82.8 Å². The van der Waals surface area contributed by atoms with Crippen molar-refractivity contribution in [2.45, 2.75) is 43.6 Å². The van der Waals surface area contributed by atoms with E-state index in [1.54, 1.807) is 6.92 Å². The van der Waals surface area contributed by atoms with E-state index in [0.29, 0.717) is 29.7 Å². The van der Waals surface area contributed by atoms with Crippen LogP contribution in [0, 0.1) is 6.92 Å². The highest BCUT2D eigenvalue weighted by atomic mass is 32.2. The van der Waals surface area contributed by atoms with Gasteiger partial charge >= 0.3 is 5.97 Å². The summed E-state index contributed by atoms with van der Waals surface area (Å²) < 4.78 is 7.14. The smallest absolute Gasteiger partial charge is 0.340 e. The molecular weight excluding hydrogens is 350 g/mol. The molecule has 0 aliphatic heterocycles. The third kappa shape index (κ3) is 3.16. The summed E-state index contributed by atoms with van der Waals surface area (Å²) in [6.07, 6.45) is 2.22. The molecular formula is C18H19N5O2S. The van der Waals surface area contributed by atoms with E-state index in [0.717, 1.165) is 34.5 Å². The van der Waals surface area contributed by atoms with Gasteiger partial charge in [-0.3, -0.25) is 4.98 Å². The summed E-state index contributed by atoms with van der Waals surface area (Å²) in [5.74, 6) is 0.174. The van der Waals surface area contributed by atoms with E-state index >= 15 is 0 Å². The number of aromatic nitrogens is 5. The van der Waals surface area contributed by atoms with Gasteiger partial charge in [0.1, 0.15) is 0 Å². The molecule has 0 bridgehead atoms. The summed E-state index contributed by atoms with van der Waals surface area (Å²) in [7, 11) is 0. The Bertz CT molecular complexity index is 967. The van der Waals surface area contributed by atoms with Crippen molar-refractivity contribution in [1.29, 1.82) is 0 Å². The summed E-state index contributed by atoms with van der Waals surface area (Å²) in [5, 5.41) is 13.7. The fraction of sp³-hybridized carbons (Fsp3) is 0.389. The van der Waals surface area contributed by atoms with Gasteiger partial charge in [-0.15, -0.1) is 5.10 Å². The first kappa shape index (κ1) is 17.0. The van der Waals surface area contributed by atoms with Gasteiger partial charge in [-0.1, -0.05) is 30.0 Å². The highest BCUT2D eigenvalue weighted by Gasteiger charge is 2.28. The van der Waals surface area contributed by atoms with Gasteiger partial charge in [-0.05, 0) is 48.7 Å². The predicted molar refractivity (Wildman–Crippen MR) is 98.1 cm³/mol. The number of hydrogen-bond acceptors (Lipinski definition) is 7. The van der Waals surface area contributed by atoms with Crippen LogP contribution in [-0.2, 0) is 10.5 Å². The van der Waals surface area contributed by atoms with Crippen molar-refractivity contribution in [2.24, 2.45) is 0 Å². The van der Waals surface area contributed by atoms with E-state index in [1.807, 2.05) is 35.9 Å². The molecule has 1 aliphatic rings. The first-order valence-corrected chi connectivity index (χ1v) is 9.63. The van der Waals surface area contributed by atoms with Gasteiger partial charge < -0.3 is 4.74 Å². The normalized spacial score (nSPS) is 13.9. The molecule has 134 valence electrons. The van der Waals surface area contributed by atoms with Gasteiger partial charge in [-0.2, -0.15) is 0 Å². The van der Waals surface area contributed by atoms with E-state index in [2.05, 4.69) is 15.5 Å². The first-order chi connectivity index (χ1) is 12.7. The SMILES string of the molecule is CCOC(=O)c1c(CSc2nnnn2C2CC2)nc2ccccc2c1C. The molecule has 1 fully saturated rings. The summed E-state index contributed by atoms with van der Waals surface area (Å²) in [5.41, 5.74) is 3.01. The van der Waals surface area contributed by atoms with Gasteiger partial charge in [0.2, 0.25) is 5.16 Å². The predicted octanol–water partition coefficient (Wildman–Crippen LogP) is 3.33. The largest absolute Gasteiger partial charge is 0.462 e. The zero-order valence-electron chi connectivity index (χ0n) is 14.7. The highest BCUT2D eigenvalue weighted by molar-refractivity contribution is 7.98. The van der Waals surface area contributed by atoms with Gasteiger partial charge in [0.15, 0.2) is 0 Å². The van der Waals surface area contributed by atoms with Crippen LogP contribution in [0.15, 0.2) is 29.4 Å². The lowest BCUT2D eigenvalue weighted by atomic mass is 10.0. The van der Waals surface area contributed by atoms with E-state index < -0.39 is 0 Å². The summed E-state index contributed by atoms with van der Waals surface area (Å²) in [6.45, 7) is 4.08. The number of pyridine rings is 1. The van der Waals surface area contributed by atoms with Gasteiger partial charge in [0.25, 0.3) is 0 Å². The number of carbonyl (C=O) groups excluding carboxylic acids is 1. The molecule has 7 nitrogen and oxygen atoms in total. The zero-order chi connectivity index (χ0) is 18.1. The van der Waals surface area contributed by atoms with Crippen molar-refractivity contribution < 1.29 is 9.53 Å². The maximum absolute atomic E-state index is 12.6. The second kappa shape index (κ2) is 7.03. The van der Waals surface area contributed by atoms with Crippen molar-refractivity contribution in [3.63, 3.8) is 0 Å². The quantitative estimate of drug-likeness (QED) is 0.487. The molecule has 2 heterocycles. The number of nitrogens with zero attached hydrogens (tertiary/aromatic N) is 5. The number of carbonyl (C=O) groups is 1. The maximum Gasteiger partial charge on any atom is 0.340 e. The van der Waals surface area contributed by atoms with E-state index in [4.69, 9.17) is 9.72 Å². The minimum atomic E-state index is -0.333. The number of tetrazole rings is 1.